The number of carboxylic acid groups (broad SMARTS) is 1. The number of nitrogens with zero attached hydrogens (tertiary/aromatic N) is 1. The Morgan fingerprint density at radius 2 is 2.15 bits per heavy atom. The van der Waals surface area contributed by atoms with Gasteiger partial charge in [-0.2, -0.15) is 0 Å². The van der Waals surface area contributed by atoms with E-state index in [-0.39, 0.29) is 17.1 Å². The van der Waals surface area contributed by atoms with E-state index in [2.05, 4.69) is 20.6 Å². The fourth-order valence-electron chi connectivity index (χ4n) is 1.52. The SMILES string of the molecule is O=C(NCc1ncc[nH]1)Nc1cc(Cl)cc(C(=O)O)c1. The molecule has 0 aliphatic heterocycles. The molecule has 8 heteroatoms. The lowest BCUT2D eigenvalue weighted by Crippen LogP contribution is -2.28. The molecule has 0 radical (unpaired) electrons. The topological polar surface area (TPSA) is 107 Å². The quantitative estimate of drug-likeness (QED) is 0.692. The van der Waals surface area contributed by atoms with E-state index in [4.69, 9.17) is 16.7 Å². The van der Waals surface area contributed by atoms with Crippen LogP contribution in [-0.4, -0.2) is 27.1 Å². The van der Waals surface area contributed by atoms with Crippen LogP contribution < -0.4 is 10.6 Å². The van der Waals surface area contributed by atoms with E-state index in [0.29, 0.717) is 11.5 Å². The second-order valence-electron chi connectivity index (χ2n) is 3.88. The molecule has 0 aliphatic carbocycles. The number of rotatable bonds is 4. The third-order valence-corrected chi connectivity index (χ3v) is 2.59. The van der Waals surface area contributed by atoms with E-state index in [1.165, 1.54) is 18.2 Å². The average molecular weight is 295 g/mol. The fraction of sp³-hybridized carbons (Fsp3) is 0.0833. The summed E-state index contributed by atoms with van der Waals surface area (Å²) in [6.45, 7) is 0.227. The van der Waals surface area contributed by atoms with Gasteiger partial charge in [-0.3, -0.25) is 0 Å². The largest absolute Gasteiger partial charge is 0.478 e. The van der Waals surface area contributed by atoms with Crippen molar-refractivity contribution < 1.29 is 14.7 Å². The number of imidazole rings is 1. The van der Waals surface area contributed by atoms with E-state index in [1.807, 2.05) is 0 Å². The number of aromatic nitrogens is 2. The van der Waals surface area contributed by atoms with Gasteiger partial charge in [0.2, 0.25) is 0 Å². The molecular formula is C12H11ClN4O3. The van der Waals surface area contributed by atoms with Crippen LogP contribution in [0.15, 0.2) is 30.6 Å². The zero-order valence-corrected chi connectivity index (χ0v) is 10.9. The van der Waals surface area contributed by atoms with Gasteiger partial charge < -0.3 is 20.7 Å². The maximum atomic E-state index is 11.6. The highest BCUT2D eigenvalue weighted by Gasteiger charge is 2.08. The Hall–Kier alpha value is -2.54. The number of carbonyl (C=O) groups excluding carboxylic acids is 1. The van der Waals surface area contributed by atoms with Gasteiger partial charge in [0.1, 0.15) is 5.82 Å². The van der Waals surface area contributed by atoms with Gasteiger partial charge >= 0.3 is 12.0 Å². The van der Waals surface area contributed by atoms with Crippen molar-refractivity contribution >= 4 is 29.3 Å². The number of urea groups is 1. The first-order valence-corrected chi connectivity index (χ1v) is 5.99. The minimum atomic E-state index is -1.12. The van der Waals surface area contributed by atoms with Crippen LogP contribution in [0.1, 0.15) is 16.2 Å². The Morgan fingerprint density at radius 3 is 2.80 bits per heavy atom. The number of anilines is 1. The van der Waals surface area contributed by atoms with Gasteiger partial charge in [0.25, 0.3) is 0 Å². The number of carbonyl (C=O) groups is 2. The van der Waals surface area contributed by atoms with Gasteiger partial charge in [-0.05, 0) is 18.2 Å². The normalized spacial score (nSPS) is 10.1. The molecule has 0 spiro atoms. The van der Waals surface area contributed by atoms with Crippen molar-refractivity contribution in [3.05, 3.63) is 47.0 Å². The summed E-state index contributed by atoms with van der Waals surface area (Å²) in [6, 6.07) is 3.59. The lowest BCUT2D eigenvalue weighted by molar-refractivity contribution is 0.0697. The number of aromatic carboxylic acids is 1. The molecule has 0 bridgehead atoms. The first-order valence-electron chi connectivity index (χ1n) is 5.61. The highest BCUT2D eigenvalue weighted by molar-refractivity contribution is 6.31. The van der Waals surface area contributed by atoms with Crippen LogP contribution >= 0.6 is 11.6 Å². The van der Waals surface area contributed by atoms with Crippen molar-refractivity contribution in [1.82, 2.24) is 15.3 Å². The molecule has 2 aromatic rings. The minimum absolute atomic E-state index is 0.00108. The number of amides is 2. The molecular weight excluding hydrogens is 284 g/mol. The van der Waals surface area contributed by atoms with Gasteiger partial charge in [0.05, 0.1) is 12.1 Å². The van der Waals surface area contributed by atoms with Crippen molar-refractivity contribution in [3.8, 4) is 0 Å². The van der Waals surface area contributed by atoms with Crippen molar-refractivity contribution in [1.29, 1.82) is 0 Å². The van der Waals surface area contributed by atoms with Gasteiger partial charge in [-0.1, -0.05) is 11.6 Å². The van der Waals surface area contributed by atoms with Crippen LogP contribution in [-0.2, 0) is 6.54 Å². The highest BCUT2D eigenvalue weighted by Crippen LogP contribution is 2.19. The summed E-state index contributed by atoms with van der Waals surface area (Å²) in [6.07, 6.45) is 3.22. The number of hydrogen-bond acceptors (Lipinski definition) is 3. The van der Waals surface area contributed by atoms with E-state index in [0.717, 1.165) is 0 Å². The number of carboxylic acids is 1. The lowest BCUT2D eigenvalue weighted by atomic mass is 10.2. The molecule has 1 heterocycles. The van der Waals surface area contributed by atoms with E-state index >= 15 is 0 Å². The van der Waals surface area contributed by atoms with Gasteiger partial charge in [-0.25, -0.2) is 14.6 Å². The second-order valence-corrected chi connectivity index (χ2v) is 4.31. The molecule has 104 valence electrons. The summed E-state index contributed by atoms with van der Waals surface area (Å²) < 4.78 is 0. The van der Waals surface area contributed by atoms with Crippen molar-refractivity contribution in [2.24, 2.45) is 0 Å². The summed E-state index contributed by atoms with van der Waals surface area (Å²) in [5.74, 6) is -0.510. The Balaban J connectivity index is 1.98. The molecule has 0 unspecified atom stereocenters. The van der Waals surface area contributed by atoms with Crippen molar-refractivity contribution in [3.63, 3.8) is 0 Å². The second kappa shape index (κ2) is 6.07. The molecule has 2 amide bonds. The summed E-state index contributed by atoms with van der Waals surface area (Å²) in [5.41, 5.74) is 0.297. The maximum Gasteiger partial charge on any atom is 0.335 e. The smallest absolute Gasteiger partial charge is 0.335 e. The zero-order chi connectivity index (χ0) is 14.5. The molecule has 1 aromatic heterocycles. The Morgan fingerprint density at radius 1 is 1.35 bits per heavy atom. The first-order chi connectivity index (χ1) is 9.54. The number of benzene rings is 1. The highest BCUT2D eigenvalue weighted by atomic mass is 35.5. The summed E-state index contributed by atoms with van der Waals surface area (Å²) in [5, 5.41) is 14.2. The van der Waals surface area contributed by atoms with Crippen molar-refractivity contribution in [2.45, 2.75) is 6.54 Å². The fourth-order valence-corrected chi connectivity index (χ4v) is 1.75. The third-order valence-electron chi connectivity index (χ3n) is 2.37. The molecule has 0 atom stereocenters. The van der Waals surface area contributed by atoms with Crippen LogP contribution in [0.25, 0.3) is 0 Å². The zero-order valence-electron chi connectivity index (χ0n) is 10.2. The van der Waals surface area contributed by atoms with E-state index in [9.17, 15) is 9.59 Å². The number of hydrogen-bond donors (Lipinski definition) is 4. The summed E-state index contributed by atoms with van der Waals surface area (Å²) in [7, 11) is 0. The predicted octanol–water partition coefficient (Wildman–Crippen LogP) is 2.08. The van der Waals surface area contributed by atoms with Gasteiger partial charge in [0, 0.05) is 23.1 Å². The molecule has 0 saturated heterocycles. The molecule has 2 rings (SSSR count). The number of H-pyrrole nitrogens is 1. The maximum absolute atomic E-state index is 11.6. The van der Waals surface area contributed by atoms with Crippen LogP contribution in [0, 0.1) is 0 Å². The average Bonchev–Trinajstić information content (AvgIpc) is 2.88. The van der Waals surface area contributed by atoms with Crippen LogP contribution in [0.5, 0.6) is 0 Å². The van der Waals surface area contributed by atoms with E-state index < -0.39 is 12.0 Å². The summed E-state index contributed by atoms with van der Waals surface area (Å²) >= 11 is 5.79. The summed E-state index contributed by atoms with van der Waals surface area (Å²) in [4.78, 5) is 29.3. The standard InChI is InChI=1S/C12H11ClN4O3/c13-8-3-7(11(18)19)4-9(5-8)17-12(20)16-6-10-14-1-2-15-10/h1-5H,6H2,(H,14,15)(H,18,19)(H2,16,17,20). The number of aromatic amines is 1. The molecule has 7 nitrogen and oxygen atoms in total. The Bertz CT molecular complexity index is 628. The minimum Gasteiger partial charge on any atom is -0.478 e. The molecule has 0 aliphatic rings. The van der Waals surface area contributed by atoms with Crippen LogP contribution in [0.4, 0.5) is 10.5 Å². The lowest BCUT2D eigenvalue weighted by Gasteiger charge is -2.08. The van der Waals surface area contributed by atoms with Crippen molar-refractivity contribution in [2.75, 3.05) is 5.32 Å². The predicted molar refractivity (Wildman–Crippen MR) is 72.9 cm³/mol. The number of halogens is 1. The van der Waals surface area contributed by atoms with E-state index in [1.54, 1.807) is 12.4 Å². The molecule has 1 aromatic carbocycles. The molecule has 20 heavy (non-hydrogen) atoms. The monoisotopic (exact) mass is 294 g/mol. The molecule has 0 saturated carbocycles. The molecule has 0 fully saturated rings. The Labute approximate surface area is 119 Å². The third kappa shape index (κ3) is 3.72. The van der Waals surface area contributed by atoms with Crippen LogP contribution in [0.2, 0.25) is 5.02 Å². The Kier molecular flexibility index (Phi) is 4.21. The molecule has 4 N–H and O–H groups in total. The first kappa shape index (κ1) is 13.9. The number of nitrogens with one attached hydrogen (secondary N) is 3. The van der Waals surface area contributed by atoms with Gasteiger partial charge in [0.15, 0.2) is 0 Å². The van der Waals surface area contributed by atoms with Crippen LogP contribution in [0.3, 0.4) is 0 Å². The van der Waals surface area contributed by atoms with Gasteiger partial charge in [-0.15, -0.1) is 0 Å².